The van der Waals surface area contributed by atoms with Crippen LogP contribution < -0.4 is 10.2 Å². The van der Waals surface area contributed by atoms with Crippen molar-refractivity contribution in [3.8, 4) is 0 Å². The normalized spacial score (nSPS) is 19.0. The third kappa shape index (κ3) is 3.20. The van der Waals surface area contributed by atoms with Crippen molar-refractivity contribution in [2.24, 2.45) is 5.92 Å². The van der Waals surface area contributed by atoms with Gasteiger partial charge in [-0.05, 0) is 35.0 Å². The summed E-state index contributed by atoms with van der Waals surface area (Å²) in [7, 11) is 0. The van der Waals surface area contributed by atoms with Crippen LogP contribution in [-0.2, 0) is 9.59 Å². The van der Waals surface area contributed by atoms with Crippen molar-refractivity contribution in [3.05, 3.63) is 78.4 Å². The molecule has 140 valence electrons. The van der Waals surface area contributed by atoms with Crippen LogP contribution in [0.3, 0.4) is 0 Å². The number of benzene rings is 3. The van der Waals surface area contributed by atoms with Gasteiger partial charge in [0.1, 0.15) is 12.0 Å². The standard InChI is InChI=1S/C22H18N2O4/c25-20(16-11-10-14-6-4-5-7-15(14)12-16)23-19-18(22(27)28)13-24(21(19)26)17-8-2-1-3-9-17/h1-12,18-19H,13H2,(H,23,25)(H,27,28)/t18-,19-/m0/s1. The number of nitrogens with zero attached hydrogens (tertiary/aromatic N) is 1. The summed E-state index contributed by atoms with van der Waals surface area (Å²) in [5.41, 5.74) is 0.995. The zero-order valence-electron chi connectivity index (χ0n) is 14.9. The number of amides is 2. The molecule has 0 saturated carbocycles. The van der Waals surface area contributed by atoms with Crippen molar-refractivity contribution >= 4 is 34.2 Å². The van der Waals surface area contributed by atoms with Gasteiger partial charge in [-0.1, -0.05) is 48.5 Å². The predicted octanol–water partition coefficient (Wildman–Crippen LogP) is 2.69. The van der Waals surface area contributed by atoms with Gasteiger partial charge in [-0.15, -0.1) is 0 Å². The first-order chi connectivity index (χ1) is 13.5. The van der Waals surface area contributed by atoms with Crippen LogP contribution in [0.2, 0.25) is 0 Å². The Morgan fingerprint density at radius 3 is 2.32 bits per heavy atom. The SMILES string of the molecule is O=C(N[C@@H]1C(=O)N(c2ccccc2)C[C@@H]1C(=O)O)c1ccc2ccccc2c1. The Bertz CT molecular complexity index is 1060. The number of hydrogen-bond donors (Lipinski definition) is 2. The van der Waals surface area contributed by atoms with Crippen LogP contribution in [0.15, 0.2) is 72.8 Å². The van der Waals surface area contributed by atoms with Crippen LogP contribution in [0.5, 0.6) is 0 Å². The Morgan fingerprint density at radius 2 is 1.61 bits per heavy atom. The highest BCUT2D eigenvalue weighted by Crippen LogP contribution is 2.26. The van der Waals surface area contributed by atoms with Gasteiger partial charge >= 0.3 is 5.97 Å². The highest BCUT2D eigenvalue weighted by molar-refractivity contribution is 6.07. The van der Waals surface area contributed by atoms with Crippen molar-refractivity contribution in [2.75, 3.05) is 11.4 Å². The molecule has 0 aliphatic carbocycles. The van der Waals surface area contributed by atoms with Gasteiger partial charge in [-0.2, -0.15) is 0 Å². The second-order valence-corrected chi connectivity index (χ2v) is 6.74. The summed E-state index contributed by atoms with van der Waals surface area (Å²) in [5.74, 6) is -3.02. The van der Waals surface area contributed by atoms with Gasteiger partial charge in [0.2, 0.25) is 0 Å². The Kier molecular flexibility index (Phi) is 4.53. The molecular formula is C22H18N2O4. The molecule has 2 atom stereocenters. The van der Waals surface area contributed by atoms with E-state index in [1.54, 1.807) is 36.4 Å². The number of para-hydroxylation sites is 1. The van der Waals surface area contributed by atoms with Gasteiger partial charge < -0.3 is 15.3 Å². The summed E-state index contributed by atoms with van der Waals surface area (Å²) in [5, 5.41) is 14.1. The highest BCUT2D eigenvalue weighted by Gasteiger charge is 2.45. The third-order valence-electron chi connectivity index (χ3n) is 5.00. The fourth-order valence-electron chi connectivity index (χ4n) is 3.51. The first-order valence-electron chi connectivity index (χ1n) is 8.93. The number of fused-ring (bicyclic) bond motifs is 1. The lowest BCUT2D eigenvalue weighted by atomic mass is 10.0. The van der Waals surface area contributed by atoms with Crippen molar-refractivity contribution < 1.29 is 19.5 Å². The zero-order chi connectivity index (χ0) is 19.7. The molecule has 6 heteroatoms. The molecule has 0 radical (unpaired) electrons. The van der Waals surface area contributed by atoms with E-state index in [0.29, 0.717) is 11.3 Å². The van der Waals surface area contributed by atoms with Crippen LogP contribution in [0.25, 0.3) is 10.8 Å². The molecule has 3 aromatic rings. The molecule has 28 heavy (non-hydrogen) atoms. The molecule has 6 nitrogen and oxygen atoms in total. The van der Waals surface area contributed by atoms with Gasteiger partial charge in [-0.3, -0.25) is 14.4 Å². The fourth-order valence-corrected chi connectivity index (χ4v) is 3.51. The maximum Gasteiger partial charge on any atom is 0.310 e. The molecular weight excluding hydrogens is 356 g/mol. The smallest absolute Gasteiger partial charge is 0.310 e. The fraction of sp³-hybridized carbons (Fsp3) is 0.136. The van der Waals surface area contributed by atoms with E-state index in [-0.39, 0.29) is 6.54 Å². The van der Waals surface area contributed by atoms with Crippen molar-refractivity contribution in [1.82, 2.24) is 5.32 Å². The lowest BCUT2D eigenvalue weighted by Crippen LogP contribution is -2.46. The minimum Gasteiger partial charge on any atom is -0.481 e. The molecule has 1 aliphatic heterocycles. The lowest BCUT2D eigenvalue weighted by Gasteiger charge is -2.17. The molecule has 1 aliphatic rings. The number of anilines is 1. The number of nitrogens with one attached hydrogen (secondary N) is 1. The van der Waals surface area contributed by atoms with E-state index >= 15 is 0 Å². The highest BCUT2D eigenvalue weighted by atomic mass is 16.4. The minimum atomic E-state index is -1.12. The minimum absolute atomic E-state index is 0.0147. The predicted molar refractivity (Wildman–Crippen MR) is 105 cm³/mol. The largest absolute Gasteiger partial charge is 0.481 e. The topological polar surface area (TPSA) is 86.7 Å². The molecule has 0 aromatic heterocycles. The average Bonchev–Trinajstić information content (AvgIpc) is 3.05. The number of carbonyl (C=O) groups excluding carboxylic acids is 2. The molecule has 1 fully saturated rings. The second kappa shape index (κ2) is 7.15. The van der Waals surface area contributed by atoms with Gasteiger partial charge in [0.15, 0.2) is 0 Å². The summed E-state index contributed by atoms with van der Waals surface area (Å²) >= 11 is 0. The van der Waals surface area contributed by atoms with Gasteiger partial charge in [-0.25, -0.2) is 0 Å². The zero-order valence-corrected chi connectivity index (χ0v) is 14.9. The van der Waals surface area contributed by atoms with Crippen molar-refractivity contribution in [3.63, 3.8) is 0 Å². The number of aliphatic carboxylic acids is 1. The number of carboxylic acids is 1. The van der Waals surface area contributed by atoms with Crippen LogP contribution in [0.4, 0.5) is 5.69 Å². The Labute approximate surface area is 161 Å². The summed E-state index contributed by atoms with van der Waals surface area (Å²) < 4.78 is 0. The molecule has 1 heterocycles. The van der Waals surface area contributed by atoms with E-state index in [4.69, 9.17) is 0 Å². The molecule has 1 saturated heterocycles. The van der Waals surface area contributed by atoms with E-state index in [1.807, 2.05) is 36.4 Å². The van der Waals surface area contributed by atoms with Gasteiger partial charge in [0.25, 0.3) is 11.8 Å². The van der Waals surface area contributed by atoms with Crippen LogP contribution >= 0.6 is 0 Å². The van der Waals surface area contributed by atoms with Gasteiger partial charge in [0, 0.05) is 17.8 Å². The number of hydrogen-bond acceptors (Lipinski definition) is 3. The third-order valence-corrected chi connectivity index (χ3v) is 5.00. The molecule has 2 amide bonds. The Morgan fingerprint density at radius 1 is 0.929 bits per heavy atom. The number of rotatable bonds is 4. The Balaban J connectivity index is 1.59. The number of carboxylic acid groups (broad SMARTS) is 1. The van der Waals surface area contributed by atoms with E-state index in [1.165, 1.54) is 4.90 Å². The molecule has 3 aromatic carbocycles. The van der Waals surface area contributed by atoms with Crippen molar-refractivity contribution in [2.45, 2.75) is 6.04 Å². The molecule has 0 unspecified atom stereocenters. The second-order valence-electron chi connectivity index (χ2n) is 6.74. The van der Waals surface area contributed by atoms with Crippen LogP contribution in [0.1, 0.15) is 10.4 Å². The molecule has 0 spiro atoms. The summed E-state index contributed by atoms with van der Waals surface area (Å²) in [6.07, 6.45) is 0. The van der Waals surface area contributed by atoms with E-state index in [0.717, 1.165) is 10.8 Å². The first-order valence-corrected chi connectivity index (χ1v) is 8.93. The Hall–Kier alpha value is -3.67. The lowest BCUT2D eigenvalue weighted by molar-refractivity contribution is -0.142. The average molecular weight is 374 g/mol. The summed E-state index contributed by atoms with van der Waals surface area (Å²) in [4.78, 5) is 38.7. The van der Waals surface area contributed by atoms with E-state index < -0.39 is 29.7 Å². The molecule has 0 bridgehead atoms. The van der Waals surface area contributed by atoms with E-state index in [2.05, 4.69) is 5.32 Å². The molecule has 2 N–H and O–H groups in total. The monoisotopic (exact) mass is 374 g/mol. The first kappa shape index (κ1) is 17.7. The maximum absolute atomic E-state index is 12.8. The molecule has 4 rings (SSSR count). The summed E-state index contributed by atoms with van der Waals surface area (Å²) in [6.45, 7) is 0.0147. The van der Waals surface area contributed by atoms with E-state index in [9.17, 15) is 19.5 Å². The van der Waals surface area contributed by atoms with Crippen LogP contribution in [0, 0.1) is 5.92 Å². The maximum atomic E-state index is 12.8. The van der Waals surface area contributed by atoms with Crippen LogP contribution in [-0.4, -0.2) is 35.5 Å². The quantitative estimate of drug-likeness (QED) is 0.735. The number of carbonyl (C=O) groups is 3. The summed E-state index contributed by atoms with van der Waals surface area (Å²) in [6, 6.07) is 20.6. The van der Waals surface area contributed by atoms with Gasteiger partial charge in [0.05, 0.1) is 0 Å². The van der Waals surface area contributed by atoms with Crippen molar-refractivity contribution in [1.29, 1.82) is 0 Å².